The molecule has 0 aliphatic heterocycles. The van der Waals surface area contributed by atoms with Gasteiger partial charge in [-0.3, -0.25) is 0 Å². The molecule has 1 aliphatic carbocycles. The third kappa shape index (κ3) is 27.3. The van der Waals surface area contributed by atoms with E-state index in [1.54, 1.807) is 50.6 Å². The summed E-state index contributed by atoms with van der Waals surface area (Å²) in [7, 11) is -13.5. The van der Waals surface area contributed by atoms with Gasteiger partial charge in [0.25, 0.3) is 0 Å². The molecular formula is C67H68Cl2N6Na2O17S5. The summed E-state index contributed by atoms with van der Waals surface area (Å²) in [6.07, 6.45) is 10.8. The van der Waals surface area contributed by atoms with Crippen LogP contribution in [0.3, 0.4) is 0 Å². The number of benzene rings is 6. The summed E-state index contributed by atoms with van der Waals surface area (Å²) < 4.78 is 165. The first-order chi connectivity index (χ1) is 45.8. The van der Waals surface area contributed by atoms with Gasteiger partial charge in [0.2, 0.25) is 0 Å². The number of halogens is 2. The molecule has 0 saturated carbocycles. The monoisotopic (exact) mass is 1500 g/mol. The summed E-state index contributed by atoms with van der Waals surface area (Å²) in [4.78, 5) is 17.8. The number of ether oxygens (including phenoxy) is 4. The maximum absolute atomic E-state index is 12.4. The first-order valence-electron chi connectivity index (χ1n) is 29.0. The number of allylic oxidation sites excluding steroid dienone is 5. The molecular weight excluding hydrogens is 1440 g/mol. The third-order valence-corrected chi connectivity index (χ3v) is 17.7. The second-order valence-corrected chi connectivity index (χ2v) is 29.3. The molecule has 0 N–H and O–H groups in total. The van der Waals surface area contributed by atoms with Crippen LogP contribution in [0, 0.1) is 6.07 Å². The van der Waals surface area contributed by atoms with E-state index >= 15 is 0 Å². The zero-order chi connectivity index (χ0) is 71.3. The van der Waals surface area contributed by atoms with Crippen molar-refractivity contribution in [3.05, 3.63) is 248 Å². The van der Waals surface area contributed by atoms with Gasteiger partial charge in [0.15, 0.2) is 31.9 Å². The van der Waals surface area contributed by atoms with Gasteiger partial charge in [-0.2, -0.15) is 0 Å². The van der Waals surface area contributed by atoms with Crippen molar-refractivity contribution in [1.82, 2.24) is 19.9 Å². The summed E-state index contributed by atoms with van der Waals surface area (Å²) in [5, 5.41) is 0.255. The van der Waals surface area contributed by atoms with E-state index in [4.69, 9.17) is 54.8 Å². The van der Waals surface area contributed by atoms with Gasteiger partial charge in [-0.25, -0.2) is 58.2 Å². The summed E-state index contributed by atoms with van der Waals surface area (Å²) in [5.41, 5.74) is 9.60. The third-order valence-electron chi connectivity index (χ3n) is 14.0. The predicted molar refractivity (Wildman–Crippen MR) is 367 cm³/mol. The number of rotatable bonds is 23. The minimum atomic E-state index is -4.77. The fourth-order valence-electron chi connectivity index (χ4n) is 9.84. The standard InChI is InChI=1S/C37H36N2O3S.C15H17ClN2O7S2.C15H16ClN2O4S.2Na.O3S/c1-3-38(27-29-13-7-5-8-14-29)33-23-19-31(20-24-33)37(35-17-11-12-18-36(35)43(40,41)42)32-21-25-34(26-22-32)39(4-2)28-30-15-9-6-10-16-30;1-24-11-7-13(27(21,22)23)12(25-2)5-9(11)4-10-6-14(16)18-15(17-10)8-26(3,19)20;1-21-12-4-5-13(22-2)10(7-12)6-11-8-14(16)18-15(17-11)9-23(3,19)20;;;1-4(2)3/h5-26H,3-4,27-28H2,1-2H3;5-7H,4,8H2,1-3H3,(H,21,22,23);5,7-8H,6,9H2,1-3H3;;;/q;;-1;2*+1;/p-1. The van der Waals surface area contributed by atoms with E-state index in [9.17, 15) is 42.8 Å². The Kier molecular flexibility index (Phi) is 33.8. The Bertz CT molecular complexity index is 4810. The van der Waals surface area contributed by atoms with Crippen molar-refractivity contribution in [3.8, 4) is 23.0 Å². The minimum Gasteiger partial charge on any atom is -0.744 e. The average Bonchev–Trinajstić information content (AvgIpc) is 0.775. The molecule has 0 fully saturated rings. The van der Waals surface area contributed by atoms with E-state index in [-0.39, 0.29) is 115 Å². The van der Waals surface area contributed by atoms with Crippen LogP contribution in [0.5, 0.6) is 23.0 Å². The molecule has 32 heteroatoms. The molecule has 514 valence electrons. The summed E-state index contributed by atoms with van der Waals surface area (Å²) in [6.45, 7) is 7.48. The number of hydrogen-bond donors (Lipinski definition) is 0. The molecule has 0 unspecified atom stereocenters. The number of anilines is 1. The Morgan fingerprint density at radius 2 is 1.04 bits per heavy atom. The van der Waals surface area contributed by atoms with Crippen molar-refractivity contribution in [1.29, 1.82) is 0 Å². The Morgan fingerprint density at radius 1 is 0.566 bits per heavy atom. The van der Waals surface area contributed by atoms with Crippen LogP contribution in [-0.2, 0) is 88.0 Å². The fourth-order valence-corrected chi connectivity index (χ4v) is 12.8. The number of sulfone groups is 2. The van der Waals surface area contributed by atoms with Gasteiger partial charge < -0.3 is 33.0 Å². The van der Waals surface area contributed by atoms with Crippen LogP contribution in [0.4, 0.5) is 5.69 Å². The smallest absolute Gasteiger partial charge is 0.744 e. The van der Waals surface area contributed by atoms with Gasteiger partial charge in [0.1, 0.15) is 71.7 Å². The molecule has 0 saturated heterocycles. The molecule has 8 aromatic rings. The molecule has 1 aliphatic rings. The van der Waals surface area contributed by atoms with Crippen molar-refractivity contribution in [2.24, 2.45) is 0 Å². The second kappa shape index (κ2) is 39.5. The number of aromatic nitrogens is 4. The molecule has 0 amide bonds. The van der Waals surface area contributed by atoms with E-state index in [1.807, 2.05) is 60.7 Å². The van der Waals surface area contributed by atoms with Crippen LogP contribution < -0.4 is 83.0 Å². The Morgan fingerprint density at radius 3 is 1.49 bits per heavy atom. The Hall–Kier alpha value is -6.71. The molecule has 0 radical (unpaired) electrons. The Balaban J connectivity index is 0.000000321. The van der Waals surface area contributed by atoms with Crippen molar-refractivity contribution in [2.75, 3.05) is 58.9 Å². The van der Waals surface area contributed by atoms with Gasteiger partial charge in [-0.05, 0) is 91.1 Å². The largest absolute Gasteiger partial charge is 1.00 e. The van der Waals surface area contributed by atoms with Crippen LogP contribution in [0.2, 0.25) is 10.3 Å². The summed E-state index contributed by atoms with van der Waals surface area (Å²) in [5.74, 6) is 0.746. The zero-order valence-corrected chi connectivity index (χ0v) is 65.3. The van der Waals surface area contributed by atoms with E-state index < -0.39 is 55.4 Å². The molecule has 6 aromatic carbocycles. The van der Waals surface area contributed by atoms with Crippen molar-refractivity contribution in [2.45, 2.75) is 61.1 Å². The van der Waals surface area contributed by atoms with Gasteiger partial charge in [-0.1, -0.05) is 114 Å². The second-order valence-electron chi connectivity index (χ2n) is 21.2. The SMILES string of the molecule is CCN(Cc1ccccc1)c1ccc(C(=C2C=CC(=[N+](CC)Cc3ccccc3)C=C2)c2ccccc2S(=O)(=O)[O-])cc1.COc1[c-]cc(OC)c(Cc2cc(Cl)nc(CS(C)(=O)=O)n2)c1.COc1cc(S(=O)(=O)[O-])c(OC)cc1Cc1cc(Cl)nc(CS(C)(=O)=O)n1.O=S(=O)=O.[Na+].[Na+]. The van der Waals surface area contributed by atoms with Gasteiger partial charge >= 0.3 is 69.7 Å². The molecule has 0 spiro atoms. The average molecular weight is 1510 g/mol. The number of methoxy groups -OCH3 is 4. The first-order valence-corrected chi connectivity index (χ1v) is 37.7. The van der Waals surface area contributed by atoms with E-state index in [0.29, 0.717) is 46.0 Å². The normalized spacial score (nSPS) is 11.7. The van der Waals surface area contributed by atoms with E-state index in [1.165, 1.54) is 43.5 Å². The van der Waals surface area contributed by atoms with Crippen molar-refractivity contribution < 1.29 is 138 Å². The molecule has 9 rings (SSSR count). The van der Waals surface area contributed by atoms with Crippen molar-refractivity contribution >= 4 is 90.7 Å². The summed E-state index contributed by atoms with van der Waals surface area (Å²) in [6, 6.07) is 47.1. The maximum atomic E-state index is 12.4. The minimum absolute atomic E-state index is 0. The predicted octanol–water partition coefficient (Wildman–Crippen LogP) is 3.49. The maximum Gasteiger partial charge on any atom is 1.00 e. The quantitative estimate of drug-likeness (QED) is 0.0291. The molecule has 23 nitrogen and oxygen atoms in total. The van der Waals surface area contributed by atoms with Gasteiger partial charge in [-0.15, -0.1) is 36.4 Å². The molecule has 99 heavy (non-hydrogen) atoms. The molecule has 2 aromatic heterocycles. The van der Waals surface area contributed by atoms with Crippen molar-refractivity contribution in [3.63, 3.8) is 0 Å². The molecule has 2 heterocycles. The Labute approximate surface area is 633 Å². The van der Waals surface area contributed by atoms with Crippen LogP contribution in [0.25, 0.3) is 5.57 Å². The van der Waals surface area contributed by atoms with Gasteiger partial charge in [0.05, 0.1) is 43.9 Å². The van der Waals surface area contributed by atoms with Crippen LogP contribution >= 0.6 is 23.2 Å². The number of nitrogens with zero attached hydrogens (tertiary/aromatic N) is 6. The van der Waals surface area contributed by atoms with Crippen LogP contribution in [0.1, 0.15) is 70.3 Å². The van der Waals surface area contributed by atoms with E-state index in [0.717, 1.165) is 72.9 Å². The van der Waals surface area contributed by atoms with Gasteiger partial charge in [0, 0.05) is 89.8 Å². The van der Waals surface area contributed by atoms with E-state index in [2.05, 4.69) is 97.9 Å². The zero-order valence-electron chi connectivity index (χ0n) is 55.7. The molecule has 0 atom stereocenters. The first kappa shape index (κ1) is 84.7. The number of hydrogen-bond acceptors (Lipinski definition) is 22. The van der Waals surface area contributed by atoms with Crippen LogP contribution in [-0.4, -0.2) is 140 Å². The fraction of sp³-hybridized carbons (Fsp3) is 0.239. The van der Waals surface area contributed by atoms with Crippen LogP contribution in [0.15, 0.2) is 185 Å². The topological polar surface area (TPSA) is 329 Å². The molecule has 0 bridgehead atoms. The summed E-state index contributed by atoms with van der Waals surface area (Å²) >= 11 is 11.9.